The van der Waals surface area contributed by atoms with Gasteiger partial charge in [0, 0.05) is 23.8 Å². The Labute approximate surface area is 121 Å². The van der Waals surface area contributed by atoms with Crippen LogP contribution in [0, 0.1) is 6.92 Å². The molecule has 0 aliphatic carbocycles. The topological polar surface area (TPSA) is 17.8 Å². The lowest BCUT2D eigenvalue weighted by Gasteiger charge is -2.08. The monoisotopic (exact) mass is 290 g/mol. The van der Waals surface area contributed by atoms with Crippen molar-refractivity contribution in [3.05, 3.63) is 63.9 Å². The van der Waals surface area contributed by atoms with E-state index in [1.54, 1.807) is 0 Å². The third-order valence-electron chi connectivity index (χ3n) is 3.19. The first-order chi connectivity index (χ1) is 9.15. The normalized spacial score (nSPS) is 11.1. The highest BCUT2D eigenvalue weighted by atomic mass is 35.5. The summed E-state index contributed by atoms with van der Waals surface area (Å²) < 4.78 is 2.18. The van der Waals surface area contributed by atoms with Gasteiger partial charge in [-0.2, -0.15) is 0 Å². The maximum absolute atomic E-state index is 6.06. The number of aryl methyl sites for hydroxylation is 1. The Kier molecular flexibility index (Phi) is 3.21. The molecule has 19 heavy (non-hydrogen) atoms. The van der Waals surface area contributed by atoms with E-state index in [-0.39, 0.29) is 0 Å². The van der Waals surface area contributed by atoms with Gasteiger partial charge in [-0.1, -0.05) is 29.3 Å². The maximum atomic E-state index is 6.06. The van der Waals surface area contributed by atoms with E-state index >= 15 is 0 Å². The molecule has 0 unspecified atom stereocenters. The van der Waals surface area contributed by atoms with Crippen molar-refractivity contribution >= 4 is 34.2 Å². The SMILES string of the molecule is Cc1cc2cccnc2n1Cc1ccc(Cl)c(Cl)c1. The van der Waals surface area contributed by atoms with Gasteiger partial charge in [0.25, 0.3) is 0 Å². The fourth-order valence-corrected chi connectivity index (χ4v) is 2.56. The van der Waals surface area contributed by atoms with Gasteiger partial charge in [-0.3, -0.25) is 0 Å². The third kappa shape index (κ3) is 2.34. The molecule has 0 saturated heterocycles. The fraction of sp³-hybridized carbons (Fsp3) is 0.133. The van der Waals surface area contributed by atoms with Crippen LogP contribution < -0.4 is 0 Å². The van der Waals surface area contributed by atoms with Gasteiger partial charge in [-0.25, -0.2) is 4.98 Å². The first-order valence-electron chi connectivity index (χ1n) is 6.00. The van der Waals surface area contributed by atoms with Crippen LogP contribution in [0.5, 0.6) is 0 Å². The van der Waals surface area contributed by atoms with Crippen LogP contribution in [0.1, 0.15) is 11.3 Å². The van der Waals surface area contributed by atoms with Crippen LogP contribution in [0.25, 0.3) is 11.0 Å². The minimum atomic E-state index is 0.581. The van der Waals surface area contributed by atoms with Crippen molar-refractivity contribution in [2.45, 2.75) is 13.5 Å². The quantitative estimate of drug-likeness (QED) is 0.669. The highest BCUT2D eigenvalue weighted by molar-refractivity contribution is 6.42. The van der Waals surface area contributed by atoms with Gasteiger partial charge in [0.2, 0.25) is 0 Å². The summed E-state index contributed by atoms with van der Waals surface area (Å²) in [6.45, 7) is 2.82. The van der Waals surface area contributed by atoms with Crippen LogP contribution in [0.3, 0.4) is 0 Å². The zero-order valence-corrected chi connectivity index (χ0v) is 11.9. The van der Waals surface area contributed by atoms with Crippen LogP contribution in [-0.2, 0) is 6.54 Å². The lowest BCUT2D eigenvalue weighted by atomic mass is 10.2. The number of pyridine rings is 1. The van der Waals surface area contributed by atoms with Crippen LogP contribution in [-0.4, -0.2) is 9.55 Å². The van der Waals surface area contributed by atoms with Gasteiger partial charge in [-0.15, -0.1) is 0 Å². The standard InChI is InChI=1S/C15H12Cl2N2/c1-10-7-12-3-2-6-18-15(12)19(10)9-11-4-5-13(16)14(17)8-11/h2-8H,9H2,1H3. The number of rotatable bonds is 2. The highest BCUT2D eigenvalue weighted by Crippen LogP contribution is 2.24. The molecule has 96 valence electrons. The summed E-state index contributed by atoms with van der Waals surface area (Å²) in [5.74, 6) is 0. The fourth-order valence-electron chi connectivity index (χ4n) is 2.24. The van der Waals surface area contributed by atoms with Crippen molar-refractivity contribution in [1.82, 2.24) is 9.55 Å². The summed E-state index contributed by atoms with van der Waals surface area (Å²) in [4.78, 5) is 4.44. The molecule has 0 atom stereocenters. The zero-order valence-electron chi connectivity index (χ0n) is 10.4. The predicted octanol–water partition coefficient (Wildman–Crippen LogP) is 4.70. The molecule has 1 aromatic carbocycles. The molecule has 0 amide bonds. The Bertz CT molecular complexity index is 747. The van der Waals surface area contributed by atoms with E-state index in [0.717, 1.165) is 23.1 Å². The summed E-state index contributed by atoms with van der Waals surface area (Å²) in [6, 6.07) is 11.9. The van der Waals surface area contributed by atoms with E-state index in [1.807, 2.05) is 30.5 Å². The highest BCUT2D eigenvalue weighted by Gasteiger charge is 2.07. The summed E-state index contributed by atoms with van der Waals surface area (Å²) >= 11 is 12.0. The summed E-state index contributed by atoms with van der Waals surface area (Å²) in [6.07, 6.45) is 1.81. The Balaban J connectivity index is 2.05. The summed E-state index contributed by atoms with van der Waals surface area (Å²) in [5.41, 5.74) is 3.28. The van der Waals surface area contributed by atoms with E-state index in [4.69, 9.17) is 23.2 Å². The van der Waals surface area contributed by atoms with Crippen LogP contribution in [0.4, 0.5) is 0 Å². The Morgan fingerprint density at radius 2 is 1.95 bits per heavy atom. The van der Waals surface area contributed by atoms with E-state index in [0.29, 0.717) is 10.0 Å². The van der Waals surface area contributed by atoms with Gasteiger partial charge < -0.3 is 4.57 Å². The van der Waals surface area contributed by atoms with Gasteiger partial charge in [0.15, 0.2) is 0 Å². The van der Waals surface area contributed by atoms with E-state index in [9.17, 15) is 0 Å². The largest absolute Gasteiger partial charge is 0.326 e. The number of hydrogen-bond acceptors (Lipinski definition) is 1. The van der Waals surface area contributed by atoms with Crippen LogP contribution >= 0.6 is 23.2 Å². The number of halogens is 2. The molecular weight excluding hydrogens is 279 g/mol. The van der Waals surface area contributed by atoms with Crippen molar-refractivity contribution in [2.24, 2.45) is 0 Å². The average molecular weight is 291 g/mol. The third-order valence-corrected chi connectivity index (χ3v) is 3.93. The molecule has 2 nitrogen and oxygen atoms in total. The lowest BCUT2D eigenvalue weighted by Crippen LogP contribution is -2.02. The molecule has 2 heterocycles. The van der Waals surface area contributed by atoms with Crippen molar-refractivity contribution < 1.29 is 0 Å². The van der Waals surface area contributed by atoms with E-state index < -0.39 is 0 Å². The molecule has 0 saturated carbocycles. The van der Waals surface area contributed by atoms with Crippen LogP contribution in [0.15, 0.2) is 42.6 Å². The molecule has 3 aromatic rings. The molecule has 0 aliphatic rings. The molecule has 0 aliphatic heterocycles. The molecule has 2 aromatic heterocycles. The van der Waals surface area contributed by atoms with Crippen LogP contribution in [0.2, 0.25) is 10.0 Å². The molecule has 3 rings (SSSR count). The van der Waals surface area contributed by atoms with Crippen molar-refractivity contribution in [3.8, 4) is 0 Å². The first kappa shape index (κ1) is 12.5. The van der Waals surface area contributed by atoms with Crippen molar-refractivity contribution in [3.63, 3.8) is 0 Å². The minimum Gasteiger partial charge on any atom is -0.326 e. The molecule has 0 bridgehead atoms. The minimum absolute atomic E-state index is 0.581. The second-order valence-corrected chi connectivity index (χ2v) is 5.35. The Morgan fingerprint density at radius 3 is 2.74 bits per heavy atom. The maximum Gasteiger partial charge on any atom is 0.140 e. The van der Waals surface area contributed by atoms with Crippen molar-refractivity contribution in [2.75, 3.05) is 0 Å². The molecule has 4 heteroatoms. The molecule has 0 N–H and O–H groups in total. The molecule has 0 spiro atoms. The predicted molar refractivity (Wildman–Crippen MR) is 80.0 cm³/mol. The lowest BCUT2D eigenvalue weighted by molar-refractivity contribution is 0.795. The average Bonchev–Trinajstić information content (AvgIpc) is 2.71. The Morgan fingerprint density at radius 1 is 1.11 bits per heavy atom. The van der Waals surface area contributed by atoms with E-state index in [1.165, 1.54) is 5.69 Å². The number of fused-ring (bicyclic) bond motifs is 1. The Hall–Kier alpha value is -1.51. The number of benzene rings is 1. The van der Waals surface area contributed by atoms with Gasteiger partial charge >= 0.3 is 0 Å². The zero-order chi connectivity index (χ0) is 13.4. The first-order valence-corrected chi connectivity index (χ1v) is 6.75. The van der Waals surface area contributed by atoms with Crippen molar-refractivity contribution in [1.29, 1.82) is 0 Å². The number of hydrogen-bond donors (Lipinski definition) is 0. The number of nitrogens with zero attached hydrogens (tertiary/aromatic N) is 2. The second-order valence-electron chi connectivity index (χ2n) is 4.54. The number of aromatic nitrogens is 2. The molecule has 0 radical (unpaired) electrons. The second kappa shape index (κ2) is 4.87. The smallest absolute Gasteiger partial charge is 0.140 e. The van der Waals surface area contributed by atoms with E-state index in [2.05, 4.69) is 28.6 Å². The molecule has 0 fully saturated rings. The summed E-state index contributed by atoms with van der Waals surface area (Å²) in [5, 5.41) is 2.32. The van der Waals surface area contributed by atoms with Gasteiger partial charge in [0.05, 0.1) is 10.0 Å². The summed E-state index contributed by atoms with van der Waals surface area (Å²) in [7, 11) is 0. The molecular formula is C15H12Cl2N2. The van der Waals surface area contributed by atoms with Gasteiger partial charge in [-0.05, 0) is 42.8 Å². The van der Waals surface area contributed by atoms with Gasteiger partial charge in [0.1, 0.15) is 5.65 Å².